The van der Waals surface area contributed by atoms with Crippen molar-refractivity contribution in [2.45, 2.75) is 25.8 Å². The van der Waals surface area contributed by atoms with Crippen LogP contribution in [0.15, 0.2) is 24.3 Å². The van der Waals surface area contributed by atoms with Crippen molar-refractivity contribution >= 4 is 22.9 Å². The molecule has 7 heteroatoms. The van der Waals surface area contributed by atoms with Gasteiger partial charge in [-0.3, -0.25) is 9.89 Å². The molecule has 122 valence electrons. The number of ether oxygens (including phenoxy) is 1. The number of hydrogen-bond acceptors (Lipinski definition) is 4. The number of rotatable bonds is 3. The lowest BCUT2D eigenvalue weighted by Gasteiger charge is -2.31. The van der Waals surface area contributed by atoms with E-state index in [1.807, 2.05) is 24.3 Å². The van der Waals surface area contributed by atoms with Crippen molar-refractivity contribution < 1.29 is 14.3 Å². The highest BCUT2D eigenvalue weighted by atomic mass is 16.6. The molecule has 0 bridgehead atoms. The number of carbonyl (C=O) groups is 2. The first-order valence-electron chi connectivity index (χ1n) is 7.84. The number of hydrogen-bond donors (Lipinski definition) is 2. The van der Waals surface area contributed by atoms with Gasteiger partial charge >= 0.3 is 6.09 Å². The molecule has 0 radical (unpaired) electrons. The molecular weight excluding hydrogens is 296 g/mol. The number of aromatic amines is 1. The fourth-order valence-corrected chi connectivity index (χ4v) is 2.81. The Kier molecular flexibility index (Phi) is 4.45. The maximum absolute atomic E-state index is 12.4. The Morgan fingerprint density at radius 2 is 2.09 bits per heavy atom. The van der Waals surface area contributed by atoms with Gasteiger partial charge in [-0.05, 0) is 25.8 Å². The summed E-state index contributed by atoms with van der Waals surface area (Å²) < 4.78 is 4.99. The monoisotopic (exact) mass is 316 g/mol. The second kappa shape index (κ2) is 6.68. The van der Waals surface area contributed by atoms with Gasteiger partial charge in [0.1, 0.15) is 0 Å². The lowest BCUT2D eigenvalue weighted by Crippen LogP contribution is -2.46. The third-order valence-electron chi connectivity index (χ3n) is 4.04. The molecular formula is C16H20N4O3. The lowest BCUT2D eigenvalue weighted by atomic mass is 10.0. The van der Waals surface area contributed by atoms with Crippen LogP contribution in [-0.2, 0) is 4.74 Å². The van der Waals surface area contributed by atoms with Gasteiger partial charge in [-0.1, -0.05) is 18.2 Å². The molecule has 2 heterocycles. The van der Waals surface area contributed by atoms with Crippen LogP contribution in [0.3, 0.4) is 0 Å². The molecule has 0 atom stereocenters. The zero-order valence-corrected chi connectivity index (χ0v) is 13.0. The number of amides is 2. The van der Waals surface area contributed by atoms with Crippen LogP contribution < -0.4 is 5.32 Å². The quantitative estimate of drug-likeness (QED) is 0.905. The number of likely N-dealkylation sites (tertiary alicyclic amines) is 1. The van der Waals surface area contributed by atoms with Crippen molar-refractivity contribution in [3.63, 3.8) is 0 Å². The van der Waals surface area contributed by atoms with Crippen molar-refractivity contribution in [3.8, 4) is 0 Å². The van der Waals surface area contributed by atoms with Gasteiger partial charge in [0, 0.05) is 24.5 Å². The van der Waals surface area contributed by atoms with Crippen LogP contribution in [0, 0.1) is 0 Å². The van der Waals surface area contributed by atoms with Gasteiger partial charge in [0.05, 0.1) is 12.1 Å². The topological polar surface area (TPSA) is 87.3 Å². The van der Waals surface area contributed by atoms with Gasteiger partial charge in [-0.25, -0.2) is 4.79 Å². The molecule has 23 heavy (non-hydrogen) atoms. The van der Waals surface area contributed by atoms with Gasteiger partial charge < -0.3 is 15.0 Å². The summed E-state index contributed by atoms with van der Waals surface area (Å²) in [7, 11) is 0. The molecule has 1 saturated heterocycles. The van der Waals surface area contributed by atoms with Crippen molar-refractivity contribution in [2.75, 3.05) is 19.7 Å². The van der Waals surface area contributed by atoms with Crippen molar-refractivity contribution in [1.82, 2.24) is 20.4 Å². The van der Waals surface area contributed by atoms with Crippen LogP contribution in [-0.4, -0.2) is 52.8 Å². The predicted molar refractivity (Wildman–Crippen MR) is 85.2 cm³/mol. The number of nitrogens with zero attached hydrogens (tertiary/aromatic N) is 2. The summed E-state index contributed by atoms with van der Waals surface area (Å²) in [6, 6.07) is 7.58. The van der Waals surface area contributed by atoms with Crippen molar-refractivity contribution in [3.05, 3.63) is 30.0 Å². The Morgan fingerprint density at radius 1 is 1.35 bits per heavy atom. The number of carbonyl (C=O) groups excluding carboxylic acids is 2. The Labute approximate surface area is 134 Å². The normalized spacial score (nSPS) is 15.6. The van der Waals surface area contributed by atoms with E-state index in [0.29, 0.717) is 38.2 Å². The molecule has 1 aromatic heterocycles. The molecule has 1 aliphatic heterocycles. The Morgan fingerprint density at radius 3 is 2.83 bits per heavy atom. The molecule has 1 aromatic carbocycles. The van der Waals surface area contributed by atoms with E-state index in [1.165, 1.54) is 0 Å². The van der Waals surface area contributed by atoms with E-state index in [2.05, 4.69) is 15.5 Å². The van der Waals surface area contributed by atoms with Gasteiger partial charge in [0.25, 0.3) is 5.91 Å². The van der Waals surface area contributed by atoms with Crippen LogP contribution in [0.1, 0.15) is 30.3 Å². The molecule has 0 aliphatic carbocycles. The number of benzene rings is 1. The molecule has 0 saturated carbocycles. The van der Waals surface area contributed by atoms with Crippen LogP contribution in [0.5, 0.6) is 0 Å². The van der Waals surface area contributed by atoms with Gasteiger partial charge in [0.15, 0.2) is 5.69 Å². The smallest absolute Gasteiger partial charge is 0.409 e. The molecule has 3 rings (SSSR count). The third-order valence-corrected chi connectivity index (χ3v) is 4.04. The lowest BCUT2D eigenvalue weighted by molar-refractivity contribution is 0.0858. The number of nitrogens with one attached hydrogen (secondary N) is 2. The highest BCUT2D eigenvalue weighted by Crippen LogP contribution is 2.16. The maximum atomic E-state index is 12.4. The molecule has 0 spiro atoms. The second-order valence-corrected chi connectivity index (χ2v) is 5.55. The first-order valence-corrected chi connectivity index (χ1v) is 7.84. The van der Waals surface area contributed by atoms with Crippen molar-refractivity contribution in [2.24, 2.45) is 0 Å². The van der Waals surface area contributed by atoms with E-state index >= 15 is 0 Å². The summed E-state index contributed by atoms with van der Waals surface area (Å²) in [4.78, 5) is 25.7. The molecule has 2 N–H and O–H groups in total. The molecule has 7 nitrogen and oxygen atoms in total. The fraction of sp³-hybridized carbons (Fsp3) is 0.438. The first kappa shape index (κ1) is 15.3. The number of aromatic nitrogens is 2. The molecule has 0 unspecified atom stereocenters. The molecule has 1 fully saturated rings. The third kappa shape index (κ3) is 3.28. The minimum Gasteiger partial charge on any atom is -0.450 e. The number of para-hydroxylation sites is 1. The molecule has 2 amide bonds. The first-order chi connectivity index (χ1) is 11.2. The second-order valence-electron chi connectivity index (χ2n) is 5.55. The number of piperidine rings is 1. The summed E-state index contributed by atoms with van der Waals surface area (Å²) in [6.07, 6.45) is 1.15. The number of H-pyrrole nitrogens is 1. The largest absolute Gasteiger partial charge is 0.450 e. The zero-order chi connectivity index (χ0) is 16.2. The van der Waals surface area contributed by atoms with Gasteiger partial charge in [-0.15, -0.1) is 0 Å². The Hall–Kier alpha value is -2.57. The van der Waals surface area contributed by atoms with E-state index in [4.69, 9.17) is 4.74 Å². The summed E-state index contributed by atoms with van der Waals surface area (Å²) >= 11 is 0. The van der Waals surface area contributed by atoms with E-state index in [0.717, 1.165) is 10.9 Å². The highest BCUT2D eigenvalue weighted by Gasteiger charge is 2.25. The highest BCUT2D eigenvalue weighted by molar-refractivity contribution is 6.04. The van der Waals surface area contributed by atoms with Gasteiger partial charge in [-0.2, -0.15) is 5.10 Å². The van der Waals surface area contributed by atoms with Crippen LogP contribution in [0.4, 0.5) is 4.79 Å². The van der Waals surface area contributed by atoms with E-state index in [1.54, 1.807) is 11.8 Å². The minimum atomic E-state index is -0.282. The summed E-state index contributed by atoms with van der Waals surface area (Å²) in [5.74, 6) is -0.183. The average Bonchev–Trinajstić information content (AvgIpc) is 3.00. The van der Waals surface area contributed by atoms with Crippen LogP contribution >= 0.6 is 0 Å². The number of fused-ring (bicyclic) bond motifs is 1. The van der Waals surface area contributed by atoms with Gasteiger partial charge in [0.2, 0.25) is 0 Å². The fourth-order valence-electron chi connectivity index (χ4n) is 2.81. The minimum absolute atomic E-state index is 0.0450. The van der Waals surface area contributed by atoms with Crippen molar-refractivity contribution in [1.29, 1.82) is 0 Å². The summed E-state index contributed by atoms with van der Waals surface area (Å²) in [6.45, 7) is 3.34. The SMILES string of the molecule is CCOC(=O)N1CCC(NC(=O)c2n[nH]c3ccccc23)CC1. The van der Waals surface area contributed by atoms with E-state index < -0.39 is 0 Å². The summed E-state index contributed by atoms with van der Waals surface area (Å²) in [5.41, 5.74) is 1.25. The van der Waals surface area contributed by atoms with E-state index in [-0.39, 0.29) is 18.0 Å². The standard InChI is InChI=1S/C16H20N4O3/c1-2-23-16(22)20-9-7-11(8-10-20)17-15(21)14-12-5-3-4-6-13(12)18-19-14/h3-6,11H,2,7-10H2,1H3,(H,17,21)(H,18,19). The Bertz CT molecular complexity index is 704. The molecule has 1 aliphatic rings. The van der Waals surface area contributed by atoms with E-state index in [9.17, 15) is 9.59 Å². The zero-order valence-electron chi connectivity index (χ0n) is 13.0. The van der Waals surface area contributed by atoms with Crippen LogP contribution in [0.25, 0.3) is 10.9 Å². The molecule has 2 aromatic rings. The average molecular weight is 316 g/mol. The van der Waals surface area contributed by atoms with Crippen LogP contribution in [0.2, 0.25) is 0 Å². The maximum Gasteiger partial charge on any atom is 0.409 e. The Balaban J connectivity index is 1.58. The summed E-state index contributed by atoms with van der Waals surface area (Å²) in [5, 5.41) is 10.8. The predicted octanol–water partition coefficient (Wildman–Crippen LogP) is 1.91.